The number of aromatic nitrogens is 1. The quantitative estimate of drug-likeness (QED) is 0.618. The summed E-state index contributed by atoms with van der Waals surface area (Å²) in [6.07, 6.45) is 3.77. The molecule has 2 nitrogen and oxygen atoms in total. The van der Waals surface area contributed by atoms with E-state index >= 15 is 0 Å². The van der Waals surface area contributed by atoms with Crippen molar-refractivity contribution in [2.45, 2.75) is 31.1 Å². The van der Waals surface area contributed by atoms with Crippen LogP contribution in [0.15, 0.2) is 47.6 Å². The van der Waals surface area contributed by atoms with Gasteiger partial charge in [0.05, 0.1) is 5.75 Å². The molecule has 0 unspecified atom stereocenters. The minimum Gasteiger partial charge on any atom is -0.357 e. The van der Waals surface area contributed by atoms with Crippen LogP contribution in [-0.4, -0.2) is 16.1 Å². The average molecular weight is 287 g/mol. The van der Waals surface area contributed by atoms with Gasteiger partial charge in [0.25, 0.3) is 0 Å². The van der Waals surface area contributed by atoms with Gasteiger partial charge in [-0.3, -0.25) is 4.79 Å². The van der Waals surface area contributed by atoms with Crippen LogP contribution >= 0.6 is 11.8 Å². The third-order valence-corrected chi connectivity index (χ3v) is 4.26. The summed E-state index contributed by atoms with van der Waals surface area (Å²) in [5.74, 6) is 0.661. The van der Waals surface area contributed by atoms with Crippen molar-refractivity contribution >= 4 is 17.5 Å². The molecule has 1 heterocycles. The first-order chi connectivity index (χ1) is 9.36. The molecule has 0 fully saturated rings. The number of ketones is 1. The van der Waals surface area contributed by atoms with E-state index in [2.05, 4.69) is 45.0 Å². The third kappa shape index (κ3) is 3.76. The highest BCUT2D eigenvalue weighted by atomic mass is 32.2. The largest absolute Gasteiger partial charge is 0.357 e. The number of thioether (sulfide) groups is 1. The zero-order valence-electron chi connectivity index (χ0n) is 12.5. The van der Waals surface area contributed by atoms with Crippen LogP contribution < -0.4 is 0 Å². The minimum absolute atomic E-state index is 0.170. The molecule has 0 aliphatic carbocycles. The molecule has 3 heteroatoms. The molecular weight excluding hydrogens is 266 g/mol. The zero-order valence-corrected chi connectivity index (χ0v) is 13.3. The van der Waals surface area contributed by atoms with E-state index in [1.807, 2.05) is 30.1 Å². The second kappa shape index (κ2) is 5.88. The fraction of sp³-hybridized carbons (Fsp3) is 0.353. The van der Waals surface area contributed by atoms with E-state index in [-0.39, 0.29) is 11.2 Å². The normalized spacial score (nSPS) is 11.6. The molecule has 0 radical (unpaired) electrons. The van der Waals surface area contributed by atoms with E-state index in [4.69, 9.17) is 0 Å². The van der Waals surface area contributed by atoms with Crippen molar-refractivity contribution < 1.29 is 4.79 Å². The van der Waals surface area contributed by atoms with Crippen LogP contribution in [0.3, 0.4) is 0 Å². The van der Waals surface area contributed by atoms with Crippen LogP contribution in [0.1, 0.15) is 36.7 Å². The van der Waals surface area contributed by atoms with Crippen molar-refractivity contribution in [3.8, 4) is 0 Å². The van der Waals surface area contributed by atoms with Crippen LogP contribution in [0.25, 0.3) is 0 Å². The second-order valence-electron chi connectivity index (χ2n) is 6.05. The Kier molecular flexibility index (Phi) is 4.39. The molecule has 0 aliphatic rings. The van der Waals surface area contributed by atoms with Crippen molar-refractivity contribution in [3.05, 3.63) is 53.9 Å². The van der Waals surface area contributed by atoms with Gasteiger partial charge in [-0.2, -0.15) is 0 Å². The topological polar surface area (TPSA) is 22.0 Å². The van der Waals surface area contributed by atoms with Gasteiger partial charge in [-0.25, -0.2) is 0 Å². The summed E-state index contributed by atoms with van der Waals surface area (Å²) in [6.45, 7) is 6.61. The molecule has 0 aliphatic heterocycles. The summed E-state index contributed by atoms with van der Waals surface area (Å²) in [5, 5.41) is 0. The van der Waals surface area contributed by atoms with Gasteiger partial charge in [-0.05, 0) is 29.2 Å². The van der Waals surface area contributed by atoms with Crippen LogP contribution in [0.5, 0.6) is 0 Å². The highest BCUT2D eigenvalue weighted by Gasteiger charge is 2.13. The van der Waals surface area contributed by atoms with Crippen LogP contribution in [0.2, 0.25) is 0 Å². The zero-order chi connectivity index (χ0) is 14.8. The smallest absolute Gasteiger partial charge is 0.174 e. The summed E-state index contributed by atoms with van der Waals surface area (Å²) in [5.41, 5.74) is 2.27. The SMILES string of the molecule is Cn1ccc(C(=O)CSc2ccc(C(C)(C)C)cc2)c1. The highest BCUT2D eigenvalue weighted by Crippen LogP contribution is 2.26. The Morgan fingerprint density at radius 2 is 1.80 bits per heavy atom. The number of nitrogens with zero attached hydrogens (tertiary/aromatic N) is 1. The number of hydrogen-bond acceptors (Lipinski definition) is 2. The molecule has 0 saturated carbocycles. The molecule has 0 saturated heterocycles. The maximum absolute atomic E-state index is 12.0. The van der Waals surface area contributed by atoms with E-state index in [9.17, 15) is 4.79 Å². The van der Waals surface area contributed by atoms with Gasteiger partial charge in [-0.1, -0.05) is 32.9 Å². The lowest BCUT2D eigenvalue weighted by Gasteiger charge is -2.18. The lowest BCUT2D eigenvalue weighted by Crippen LogP contribution is -2.10. The number of hydrogen-bond donors (Lipinski definition) is 0. The Hall–Kier alpha value is -1.48. The van der Waals surface area contributed by atoms with Crippen LogP contribution in [0.4, 0.5) is 0 Å². The average Bonchev–Trinajstić information content (AvgIpc) is 2.82. The van der Waals surface area contributed by atoms with Crippen molar-refractivity contribution in [2.75, 3.05) is 5.75 Å². The molecule has 1 aromatic carbocycles. The van der Waals surface area contributed by atoms with E-state index in [0.29, 0.717) is 5.75 Å². The first-order valence-electron chi connectivity index (χ1n) is 6.75. The Bertz CT molecular complexity index is 590. The summed E-state index contributed by atoms with van der Waals surface area (Å²) >= 11 is 1.59. The molecule has 0 amide bonds. The summed E-state index contributed by atoms with van der Waals surface area (Å²) in [4.78, 5) is 13.2. The summed E-state index contributed by atoms with van der Waals surface area (Å²) in [7, 11) is 1.93. The number of carbonyl (C=O) groups is 1. The number of aryl methyl sites for hydroxylation is 1. The Morgan fingerprint density at radius 1 is 1.15 bits per heavy atom. The van der Waals surface area contributed by atoms with Crippen molar-refractivity contribution in [1.29, 1.82) is 0 Å². The van der Waals surface area contributed by atoms with Gasteiger partial charge in [0.1, 0.15) is 0 Å². The fourth-order valence-corrected chi connectivity index (χ4v) is 2.74. The van der Waals surface area contributed by atoms with E-state index in [1.165, 1.54) is 5.56 Å². The molecule has 0 N–H and O–H groups in total. The van der Waals surface area contributed by atoms with Crippen LogP contribution in [-0.2, 0) is 12.5 Å². The molecule has 106 valence electrons. The van der Waals surface area contributed by atoms with Gasteiger partial charge >= 0.3 is 0 Å². The fourth-order valence-electron chi connectivity index (χ4n) is 1.95. The summed E-state index contributed by atoms with van der Waals surface area (Å²) < 4.78 is 1.90. The van der Waals surface area contributed by atoms with Crippen molar-refractivity contribution in [2.24, 2.45) is 7.05 Å². The Morgan fingerprint density at radius 3 is 2.30 bits per heavy atom. The number of carbonyl (C=O) groups excluding carboxylic acids is 1. The van der Waals surface area contributed by atoms with Crippen LogP contribution in [0, 0.1) is 0 Å². The highest BCUT2D eigenvalue weighted by molar-refractivity contribution is 8.00. The predicted octanol–water partition coefficient (Wildman–Crippen LogP) is 4.30. The molecule has 2 aromatic rings. The first-order valence-corrected chi connectivity index (χ1v) is 7.73. The van der Waals surface area contributed by atoms with Gasteiger partial charge < -0.3 is 4.57 Å². The van der Waals surface area contributed by atoms with Gasteiger partial charge in [0, 0.05) is 29.9 Å². The van der Waals surface area contributed by atoms with E-state index < -0.39 is 0 Å². The second-order valence-corrected chi connectivity index (χ2v) is 7.10. The lowest BCUT2D eigenvalue weighted by molar-refractivity contribution is 0.102. The number of rotatable bonds is 4. The predicted molar refractivity (Wildman–Crippen MR) is 85.6 cm³/mol. The molecule has 0 spiro atoms. The van der Waals surface area contributed by atoms with E-state index in [1.54, 1.807) is 11.8 Å². The molecular formula is C17H21NOS. The monoisotopic (exact) mass is 287 g/mol. The maximum atomic E-state index is 12.0. The number of Topliss-reactive ketones (excluding diaryl/α,β-unsaturated/α-hetero) is 1. The van der Waals surface area contributed by atoms with Gasteiger partial charge in [-0.15, -0.1) is 11.8 Å². The molecule has 0 bridgehead atoms. The summed E-state index contributed by atoms with van der Waals surface area (Å²) in [6, 6.07) is 10.4. The third-order valence-electron chi connectivity index (χ3n) is 3.24. The first kappa shape index (κ1) is 14.9. The van der Waals surface area contributed by atoms with Crippen molar-refractivity contribution in [3.63, 3.8) is 0 Å². The molecule has 20 heavy (non-hydrogen) atoms. The molecule has 0 atom stereocenters. The Labute approximate surface area is 125 Å². The van der Waals surface area contributed by atoms with Gasteiger partial charge in [0.2, 0.25) is 0 Å². The van der Waals surface area contributed by atoms with Gasteiger partial charge in [0.15, 0.2) is 5.78 Å². The van der Waals surface area contributed by atoms with E-state index in [0.717, 1.165) is 10.5 Å². The maximum Gasteiger partial charge on any atom is 0.174 e. The number of benzene rings is 1. The molecule has 1 aromatic heterocycles. The standard InChI is InChI=1S/C17H21NOS/c1-17(2,3)14-5-7-15(8-6-14)20-12-16(19)13-9-10-18(4)11-13/h5-11H,12H2,1-4H3. The lowest BCUT2D eigenvalue weighted by atomic mass is 9.87. The minimum atomic E-state index is 0.170. The Balaban J connectivity index is 1.96. The molecule has 2 rings (SSSR count). The van der Waals surface area contributed by atoms with Crippen molar-refractivity contribution in [1.82, 2.24) is 4.57 Å².